The van der Waals surface area contributed by atoms with Crippen molar-refractivity contribution in [3.8, 4) is 0 Å². The molecule has 2 aromatic carbocycles. The molecule has 2 atom stereocenters. The second-order valence-electron chi connectivity index (χ2n) is 5.85. The molecule has 25 heavy (non-hydrogen) atoms. The van der Waals surface area contributed by atoms with E-state index in [1.54, 1.807) is 0 Å². The minimum Gasteiger partial charge on any atom is -0.326 e. The fraction of sp³-hybridized carbons (Fsp3) is 0.250. The summed E-state index contributed by atoms with van der Waals surface area (Å²) in [6, 6.07) is 11.6. The maximum atomic E-state index is 14.1. The summed E-state index contributed by atoms with van der Waals surface area (Å²) < 4.78 is 40.8. The molecule has 0 aromatic heterocycles. The van der Waals surface area contributed by atoms with Crippen LogP contribution in [0.2, 0.25) is 0 Å². The van der Waals surface area contributed by atoms with Crippen LogP contribution in [0.4, 0.5) is 10.1 Å². The summed E-state index contributed by atoms with van der Waals surface area (Å²) in [5.74, 6) is -1.41. The first-order chi connectivity index (χ1) is 11.8. The molecule has 0 amide bonds. The molecule has 1 saturated heterocycles. The molecule has 0 spiro atoms. The zero-order chi connectivity index (χ0) is 18.2. The third kappa shape index (κ3) is 3.13. The van der Waals surface area contributed by atoms with Crippen molar-refractivity contribution in [1.29, 1.82) is 0 Å². The predicted molar refractivity (Wildman–Crippen MR) is 89.0 cm³/mol. The SMILES string of the molecule is N[C@@H]1CN(S(=O)(=O)c2c(F)cccc2[N+](=O)[O-])C[C@H]1c1ccccc1. The van der Waals surface area contributed by atoms with Gasteiger partial charge >= 0.3 is 0 Å². The molecule has 0 unspecified atom stereocenters. The van der Waals surface area contributed by atoms with Gasteiger partial charge in [-0.05, 0) is 11.6 Å². The van der Waals surface area contributed by atoms with E-state index >= 15 is 0 Å². The first-order valence-electron chi connectivity index (χ1n) is 7.56. The number of nitro benzene ring substituents is 1. The molecule has 1 heterocycles. The molecular formula is C16H16FN3O4S. The highest BCUT2D eigenvalue weighted by Gasteiger charge is 2.42. The number of benzene rings is 2. The third-order valence-electron chi connectivity index (χ3n) is 4.30. The van der Waals surface area contributed by atoms with Crippen LogP contribution in [0, 0.1) is 15.9 Å². The number of halogens is 1. The summed E-state index contributed by atoms with van der Waals surface area (Å²) >= 11 is 0. The quantitative estimate of drug-likeness (QED) is 0.657. The lowest BCUT2D eigenvalue weighted by atomic mass is 9.95. The van der Waals surface area contributed by atoms with Gasteiger partial charge < -0.3 is 5.73 Å². The fourth-order valence-electron chi connectivity index (χ4n) is 3.07. The van der Waals surface area contributed by atoms with Crippen molar-refractivity contribution in [3.05, 3.63) is 70.0 Å². The molecule has 0 aliphatic carbocycles. The van der Waals surface area contributed by atoms with Crippen LogP contribution in [-0.2, 0) is 10.0 Å². The summed E-state index contributed by atoms with van der Waals surface area (Å²) in [5.41, 5.74) is 6.17. The molecule has 132 valence electrons. The Bertz CT molecular complexity index is 905. The Kier molecular flexibility index (Phi) is 4.55. The van der Waals surface area contributed by atoms with Gasteiger partial charge in [-0.25, -0.2) is 12.8 Å². The Labute approximate surface area is 144 Å². The normalized spacial score (nSPS) is 21.4. The summed E-state index contributed by atoms with van der Waals surface area (Å²) in [6.07, 6.45) is 0. The van der Waals surface area contributed by atoms with Crippen molar-refractivity contribution < 1.29 is 17.7 Å². The van der Waals surface area contributed by atoms with E-state index < -0.39 is 37.4 Å². The Morgan fingerprint density at radius 1 is 1.12 bits per heavy atom. The van der Waals surface area contributed by atoms with Crippen LogP contribution in [0.15, 0.2) is 53.4 Å². The number of nitrogens with two attached hydrogens (primary N) is 1. The first-order valence-corrected chi connectivity index (χ1v) is 9.00. The van der Waals surface area contributed by atoms with Crippen LogP contribution in [0.3, 0.4) is 0 Å². The van der Waals surface area contributed by atoms with Crippen LogP contribution >= 0.6 is 0 Å². The second-order valence-corrected chi connectivity index (χ2v) is 7.72. The lowest BCUT2D eigenvalue weighted by Gasteiger charge is -2.17. The lowest BCUT2D eigenvalue weighted by molar-refractivity contribution is -0.388. The van der Waals surface area contributed by atoms with Crippen LogP contribution in [0.25, 0.3) is 0 Å². The van der Waals surface area contributed by atoms with Crippen LogP contribution in [0.1, 0.15) is 11.5 Å². The van der Waals surface area contributed by atoms with E-state index in [0.717, 1.165) is 28.1 Å². The van der Waals surface area contributed by atoms with E-state index in [0.29, 0.717) is 0 Å². The van der Waals surface area contributed by atoms with Gasteiger partial charge in [0.05, 0.1) is 4.92 Å². The van der Waals surface area contributed by atoms with Crippen LogP contribution < -0.4 is 5.73 Å². The number of hydrogen-bond acceptors (Lipinski definition) is 5. The molecule has 2 N–H and O–H groups in total. The minimum atomic E-state index is -4.38. The van der Waals surface area contributed by atoms with Gasteiger partial charge in [-0.15, -0.1) is 0 Å². The highest BCUT2D eigenvalue weighted by Crippen LogP contribution is 2.34. The van der Waals surface area contributed by atoms with Crippen molar-refractivity contribution in [1.82, 2.24) is 4.31 Å². The molecule has 1 fully saturated rings. The van der Waals surface area contributed by atoms with E-state index in [9.17, 15) is 22.9 Å². The number of sulfonamides is 1. The van der Waals surface area contributed by atoms with Gasteiger partial charge in [-0.1, -0.05) is 36.4 Å². The number of hydrogen-bond donors (Lipinski definition) is 1. The predicted octanol–water partition coefficient (Wildman–Crippen LogP) is 1.85. The number of rotatable bonds is 4. The molecule has 0 bridgehead atoms. The van der Waals surface area contributed by atoms with E-state index in [4.69, 9.17) is 5.73 Å². The Morgan fingerprint density at radius 3 is 2.44 bits per heavy atom. The highest BCUT2D eigenvalue weighted by atomic mass is 32.2. The topological polar surface area (TPSA) is 107 Å². The molecule has 2 aromatic rings. The zero-order valence-corrected chi connectivity index (χ0v) is 13.9. The monoisotopic (exact) mass is 365 g/mol. The van der Waals surface area contributed by atoms with Gasteiger partial charge in [0, 0.05) is 31.1 Å². The standard InChI is InChI=1S/C16H16FN3O4S/c17-13-7-4-8-15(20(21)22)16(13)25(23,24)19-9-12(14(18)10-19)11-5-2-1-3-6-11/h1-8,12,14H,9-10,18H2/t12-,14+/m0/s1. The van der Waals surface area contributed by atoms with Crippen molar-refractivity contribution in [2.24, 2.45) is 5.73 Å². The molecule has 1 aliphatic heterocycles. The van der Waals surface area contributed by atoms with E-state index in [2.05, 4.69) is 0 Å². The van der Waals surface area contributed by atoms with Gasteiger partial charge in [-0.2, -0.15) is 4.31 Å². The molecule has 7 nitrogen and oxygen atoms in total. The summed E-state index contributed by atoms with van der Waals surface area (Å²) in [6.45, 7) is 0.00633. The van der Waals surface area contributed by atoms with E-state index in [1.165, 1.54) is 0 Å². The van der Waals surface area contributed by atoms with Gasteiger partial charge in [0.15, 0.2) is 4.90 Å². The molecule has 1 aliphatic rings. The van der Waals surface area contributed by atoms with Crippen LogP contribution in [0.5, 0.6) is 0 Å². The molecule has 9 heteroatoms. The molecule has 0 radical (unpaired) electrons. The average molecular weight is 365 g/mol. The Balaban J connectivity index is 1.99. The van der Waals surface area contributed by atoms with Gasteiger partial charge in [0.25, 0.3) is 15.7 Å². The van der Waals surface area contributed by atoms with E-state index in [-0.39, 0.29) is 19.0 Å². The maximum Gasteiger partial charge on any atom is 0.292 e. The van der Waals surface area contributed by atoms with Crippen molar-refractivity contribution in [2.75, 3.05) is 13.1 Å². The first kappa shape index (κ1) is 17.5. The van der Waals surface area contributed by atoms with Crippen LogP contribution in [-0.4, -0.2) is 36.8 Å². The third-order valence-corrected chi connectivity index (χ3v) is 6.20. The van der Waals surface area contributed by atoms with Gasteiger partial charge in [0.2, 0.25) is 0 Å². The smallest absolute Gasteiger partial charge is 0.292 e. The fourth-order valence-corrected chi connectivity index (χ4v) is 4.77. The average Bonchev–Trinajstić information content (AvgIpc) is 2.98. The second kappa shape index (κ2) is 6.51. The summed E-state index contributed by atoms with van der Waals surface area (Å²) in [7, 11) is -4.38. The molecule has 0 saturated carbocycles. The zero-order valence-electron chi connectivity index (χ0n) is 13.1. The van der Waals surface area contributed by atoms with Crippen molar-refractivity contribution >= 4 is 15.7 Å². The highest BCUT2D eigenvalue weighted by molar-refractivity contribution is 7.89. The Hall–Kier alpha value is -2.36. The Morgan fingerprint density at radius 2 is 1.80 bits per heavy atom. The van der Waals surface area contributed by atoms with Gasteiger partial charge in [-0.3, -0.25) is 10.1 Å². The minimum absolute atomic E-state index is 0.0343. The van der Waals surface area contributed by atoms with Crippen molar-refractivity contribution in [2.45, 2.75) is 16.9 Å². The number of nitrogens with zero attached hydrogens (tertiary/aromatic N) is 2. The largest absolute Gasteiger partial charge is 0.326 e. The number of nitro groups is 1. The maximum absolute atomic E-state index is 14.1. The molecule has 3 rings (SSSR count). The summed E-state index contributed by atoms with van der Waals surface area (Å²) in [5, 5.41) is 11.1. The van der Waals surface area contributed by atoms with E-state index in [1.807, 2.05) is 30.3 Å². The van der Waals surface area contributed by atoms with Gasteiger partial charge in [0.1, 0.15) is 5.82 Å². The lowest BCUT2D eigenvalue weighted by Crippen LogP contribution is -2.33. The summed E-state index contributed by atoms with van der Waals surface area (Å²) in [4.78, 5) is 9.30. The molecular weight excluding hydrogens is 349 g/mol. The van der Waals surface area contributed by atoms with Crippen molar-refractivity contribution in [3.63, 3.8) is 0 Å².